The average molecular weight is 177 g/mol. The minimum atomic E-state index is 0.500. The molecule has 0 aromatic carbocycles. The summed E-state index contributed by atoms with van der Waals surface area (Å²) < 4.78 is 11.3. The van der Waals surface area contributed by atoms with Gasteiger partial charge >= 0.3 is 0 Å². The van der Waals surface area contributed by atoms with Crippen molar-refractivity contribution in [2.75, 3.05) is 14.3 Å². The highest BCUT2D eigenvalue weighted by atomic mass is 19.1. The third-order valence-corrected chi connectivity index (χ3v) is 0.925. The second-order valence-electron chi connectivity index (χ2n) is 1.67. The number of aliphatic hydroxyl groups excluding tert-OH is 1. The highest BCUT2D eigenvalue weighted by Crippen LogP contribution is 1.83. The molecule has 0 amide bonds. The zero-order valence-corrected chi connectivity index (χ0v) is 7.74. The summed E-state index contributed by atoms with van der Waals surface area (Å²) in [5.41, 5.74) is 0. The molecule has 0 saturated carbocycles. The first-order chi connectivity index (χ1) is 5.93. The molecule has 0 fully saturated rings. The third-order valence-electron chi connectivity index (χ3n) is 0.925. The number of halogens is 1. The lowest BCUT2D eigenvalue weighted by molar-refractivity contribution is 0.399. The molecule has 12 heavy (non-hydrogen) atoms. The lowest BCUT2D eigenvalue weighted by Crippen LogP contribution is -1.96. The Morgan fingerprint density at radius 3 is 2.33 bits per heavy atom. The van der Waals surface area contributed by atoms with E-state index in [-0.39, 0.29) is 0 Å². The second-order valence-corrected chi connectivity index (χ2v) is 1.67. The van der Waals surface area contributed by atoms with E-state index in [9.17, 15) is 4.39 Å². The molecule has 1 heterocycles. The van der Waals surface area contributed by atoms with Crippen molar-refractivity contribution in [3.05, 3.63) is 12.4 Å². The van der Waals surface area contributed by atoms with Crippen molar-refractivity contribution in [3.8, 4) is 0 Å². The summed E-state index contributed by atoms with van der Waals surface area (Å²) in [5, 5.41) is 14.4. The number of aliphatic hydroxyl groups is 1. The Balaban J connectivity index is 0. The van der Waals surface area contributed by atoms with Gasteiger partial charge in [-0.1, -0.05) is 12.1 Å². The maximum absolute atomic E-state index is 9.50. The monoisotopic (exact) mass is 177 g/mol. The molecule has 72 valence electrons. The van der Waals surface area contributed by atoms with E-state index in [1.807, 2.05) is 10.9 Å². The van der Waals surface area contributed by atoms with Gasteiger partial charge in [0.2, 0.25) is 0 Å². The fraction of sp³-hybridized carbons (Fsp3) is 0.714. The zero-order chi connectivity index (χ0) is 9.82. The summed E-state index contributed by atoms with van der Waals surface area (Å²) >= 11 is 0. The molecule has 5 heteroatoms. The molecule has 4 nitrogen and oxygen atoms in total. The molecule has 1 rings (SSSR count). The Kier molecular flexibility index (Phi) is 14.4. The first-order valence-electron chi connectivity index (χ1n) is 3.60. The molecular weight excluding hydrogens is 161 g/mol. The standard InChI is InChI=1S/C5H9N3.CH3F.CH4O/c1-2-4-8-5-3-6-7-8;2*1-2/h3,5H,2,4H2,1H3;1H3;2H,1H3. The van der Waals surface area contributed by atoms with Crippen molar-refractivity contribution in [2.45, 2.75) is 19.9 Å². The van der Waals surface area contributed by atoms with Gasteiger partial charge in [-0.3, -0.25) is 9.07 Å². The largest absolute Gasteiger partial charge is 0.400 e. The van der Waals surface area contributed by atoms with Crippen molar-refractivity contribution < 1.29 is 9.50 Å². The lowest BCUT2D eigenvalue weighted by atomic mass is 10.5. The summed E-state index contributed by atoms with van der Waals surface area (Å²) in [6.07, 6.45) is 4.67. The molecule has 0 spiro atoms. The Morgan fingerprint density at radius 1 is 1.42 bits per heavy atom. The van der Waals surface area contributed by atoms with Crippen molar-refractivity contribution in [3.63, 3.8) is 0 Å². The molecule has 0 bridgehead atoms. The lowest BCUT2D eigenvalue weighted by Gasteiger charge is -1.90. The van der Waals surface area contributed by atoms with Crippen molar-refractivity contribution >= 4 is 0 Å². The molecule has 0 radical (unpaired) electrons. The van der Waals surface area contributed by atoms with Gasteiger partial charge in [-0.05, 0) is 6.42 Å². The highest BCUT2D eigenvalue weighted by Gasteiger charge is 1.83. The Bertz CT molecular complexity index is 144. The van der Waals surface area contributed by atoms with Crippen LogP contribution in [0.15, 0.2) is 12.4 Å². The smallest absolute Gasteiger partial charge is 0.0785 e. The van der Waals surface area contributed by atoms with Crippen LogP contribution < -0.4 is 0 Å². The summed E-state index contributed by atoms with van der Waals surface area (Å²) in [5.74, 6) is 0. The SMILES string of the molecule is CCCn1ccnn1.CF.CO. The van der Waals surface area contributed by atoms with Crippen LogP contribution in [-0.2, 0) is 6.54 Å². The van der Waals surface area contributed by atoms with Gasteiger partial charge in [0, 0.05) is 19.9 Å². The van der Waals surface area contributed by atoms with Crippen LogP contribution in [0.5, 0.6) is 0 Å². The minimum absolute atomic E-state index is 0.500. The molecule has 1 N–H and O–H groups in total. The quantitative estimate of drug-likeness (QED) is 0.729. The minimum Gasteiger partial charge on any atom is -0.400 e. The van der Waals surface area contributed by atoms with Gasteiger partial charge in [0.15, 0.2) is 0 Å². The van der Waals surface area contributed by atoms with Gasteiger partial charge in [0.1, 0.15) is 0 Å². The molecule has 0 unspecified atom stereocenters. The van der Waals surface area contributed by atoms with E-state index in [1.165, 1.54) is 0 Å². The van der Waals surface area contributed by atoms with Gasteiger partial charge < -0.3 is 5.11 Å². The van der Waals surface area contributed by atoms with Gasteiger partial charge in [-0.2, -0.15) is 0 Å². The van der Waals surface area contributed by atoms with E-state index < -0.39 is 0 Å². The first kappa shape index (κ1) is 13.6. The number of aryl methyl sites for hydroxylation is 1. The van der Waals surface area contributed by atoms with E-state index in [4.69, 9.17) is 5.11 Å². The van der Waals surface area contributed by atoms with Crippen LogP contribution in [0.3, 0.4) is 0 Å². The number of hydrogen-bond donors (Lipinski definition) is 1. The number of nitrogens with zero attached hydrogens (tertiary/aromatic N) is 3. The normalized spacial score (nSPS) is 7.42. The van der Waals surface area contributed by atoms with Crippen LogP contribution in [0.2, 0.25) is 0 Å². The molecular formula is C7H16FN3O. The third kappa shape index (κ3) is 7.14. The van der Waals surface area contributed by atoms with Gasteiger partial charge in [0.05, 0.1) is 13.4 Å². The van der Waals surface area contributed by atoms with Gasteiger partial charge in [-0.25, -0.2) is 0 Å². The predicted molar refractivity (Wildman–Crippen MR) is 45.5 cm³/mol. The summed E-state index contributed by atoms with van der Waals surface area (Å²) in [6.45, 7) is 3.08. The van der Waals surface area contributed by atoms with Crippen LogP contribution in [0.1, 0.15) is 13.3 Å². The van der Waals surface area contributed by atoms with Gasteiger partial charge in [0.25, 0.3) is 0 Å². The topological polar surface area (TPSA) is 50.9 Å². The molecule has 1 aromatic rings. The predicted octanol–water partition coefficient (Wildman–Crippen LogP) is 0.882. The van der Waals surface area contributed by atoms with Crippen LogP contribution in [0.4, 0.5) is 4.39 Å². The Hall–Kier alpha value is -0.970. The maximum Gasteiger partial charge on any atom is 0.0785 e. The van der Waals surface area contributed by atoms with Gasteiger partial charge in [-0.15, -0.1) is 5.10 Å². The molecule has 0 aliphatic rings. The molecule has 0 aliphatic heterocycles. The van der Waals surface area contributed by atoms with Crippen molar-refractivity contribution in [1.82, 2.24) is 15.0 Å². The van der Waals surface area contributed by atoms with Crippen LogP contribution in [0, 0.1) is 0 Å². The fourth-order valence-electron chi connectivity index (χ4n) is 0.581. The number of rotatable bonds is 2. The molecule has 0 saturated heterocycles. The number of hydrogen-bond acceptors (Lipinski definition) is 3. The fourth-order valence-corrected chi connectivity index (χ4v) is 0.581. The van der Waals surface area contributed by atoms with Crippen LogP contribution in [-0.4, -0.2) is 34.4 Å². The summed E-state index contributed by atoms with van der Waals surface area (Å²) in [7, 11) is 1.50. The van der Waals surface area contributed by atoms with E-state index in [2.05, 4.69) is 17.2 Å². The second kappa shape index (κ2) is 12.7. The average Bonchev–Trinajstić information content (AvgIpc) is 2.65. The van der Waals surface area contributed by atoms with E-state index in [0.29, 0.717) is 7.18 Å². The van der Waals surface area contributed by atoms with E-state index in [1.54, 1.807) is 6.20 Å². The highest BCUT2D eigenvalue weighted by molar-refractivity contribution is 4.62. The summed E-state index contributed by atoms with van der Waals surface area (Å²) in [6, 6.07) is 0. The zero-order valence-electron chi connectivity index (χ0n) is 7.74. The molecule has 0 aliphatic carbocycles. The first-order valence-corrected chi connectivity index (χ1v) is 3.60. The van der Waals surface area contributed by atoms with E-state index in [0.717, 1.165) is 20.1 Å². The van der Waals surface area contributed by atoms with Crippen molar-refractivity contribution in [2.24, 2.45) is 0 Å². The van der Waals surface area contributed by atoms with Crippen LogP contribution in [0.25, 0.3) is 0 Å². The Labute approximate surface area is 72.0 Å². The maximum atomic E-state index is 9.50. The van der Waals surface area contributed by atoms with Crippen LogP contribution >= 0.6 is 0 Å². The molecule has 0 atom stereocenters. The van der Waals surface area contributed by atoms with E-state index >= 15 is 0 Å². The summed E-state index contributed by atoms with van der Waals surface area (Å²) in [4.78, 5) is 0. The molecule has 1 aromatic heterocycles. The van der Waals surface area contributed by atoms with Crippen molar-refractivity contribution in [1.29, 1.82) is 0 Å². The Morgan fingerprint density at radius 2 is 2.00 bits per heavy atom. The number of alkyl halides is 1. The number of aromatic nitrogens is 3.